The third-order valence-electron chi connectivity index (χ3n) is 2.70. The van der Waals surface area contributed by atoms with E-state index >= 15 is 0 Å². The highest BCUT2D eigenvalue weighted by atomic mass is 79.9. The van der Waals surface area contributed by atoms with Gasteiger partial charge in [0.05, 0.1) is 17.8 Å². The number of anilines is 1. The second kappa shape index (κ2) is 5.21. The summed E-state index contributed by atoms with van der Waals surface area (Å²) >= 11 is 3.37. The number of aromatic nitrogens is 2. The van der Waals surface area contributed by atoms with Crippen LogP contribution in [0.1, 0.15) is 26.7 Å². The van der Waals surface area contributed by atoms with Gasteiger partial charge in [-0.15, -0.1) is 0 Å². The van der Waals surface area contributed by atoms with Crippen molar-refractivity contribution in [2.24, 2.45) is 5.92 Å². The molecule has 0 amide bonds. The molecule has 1 aliphatic rings. The number of rotatable bonds is 5. The summed E-state index contributed by atoms with van der Waals surface area (Å²) in [6, 6.07) is 0.614. The van der Waals surface area contributed by atoms with Crippen LogP contribution in [0.4, 0.5) is 5.95 Å². The van der Waals surface area contributed by atoms with Crippen molar-refractivity contribution < 1.29 is 4.74 Å². The van der Waals surface area contributed by atoms with Crippen LogP contribution in [0.3, 0.4) is 0 Å². The lowest BCUT2D eigenvalue weighted by molar-refractivity contribution is 0.393. The lowest BCUT2D eigenvalue weighted by Crippen LogP contribution is -2.31. The summed E-state index contributed by atoms with van der Waals surface area (Å²) in [5.74, 6) is 1.99. The maximum absolute atomic E-state index is 5.22. The molecule has 0 bridgehead atoms. The second-order valence-electron chi connectivity index (χ2n) is 4.80. The van der Waals surface area contributed by atoms with Gasteiger partial charge in [0, 0.05) is 12.6 Å². The molecule has 5 heteroatoms. The first-order valence-electron chi connectivity index (χ1n) is 5.95. The van der Waals surface area contributed by atoms with E-state index in [9.17, 15) is 0 Å². The monoisotopic (exact) mass is 299 g/mol. The largest absolute Gasteiger partial charge is 0.480 e. The van der Waals surface area contributed by atoms with Crippen LogP contribution in [0.15, 0.2) is 10.7 Å². The van der Waals surface area contributed by atoms with Gasteiger partial charge in [-0.2, -0.15) is 4.98 Å². The fraction of sp³-hybridized carbons (Fsp3) is 0.667. The van der Waals surface area contributed by atoms with Crippen molar-refractivity contribution in [3.05, 3.63) is 10.7 Å². The molecular formula is C12H18BrN3O. The average Bonchev–Trinajstić information content (AvgIpc) is 3.10. The van der Waals surface area contributed by atoms with Crippen LogP contribution >= 0.6 is 15.9 Å². The van der Waals surface area contributed by atoms with Crippen LogP contribution in [0.2, 0.25) is 0 Å². The molecule has 94 valence electrons. The quantitative estimate of drug-likeness (QED) is 0.838. The zero-order valence-corrected chi connectivity index (χ0v) is 12.1. The summed E-state index contributed by atoms with van der Waals surface area (Å²) in [6.07, 6.45) is 4.25. The Hall–Kier alpha value is -0.840. The Kier molecular flexibility index (Phi) is 3.86. The fourth-order valence-corrected chi connectivity index (χ4v) is 2.15. The molecule has 0 aromatic carbocycles. The molecule has 1 saturated carbocycles. The molecule has 0 N–H and O–H groups in total. The summed E-state index contributed by atoms with van der Waals surface area (Å²) in [5, 5.41) is 0. The minimum Gasteiger partial charge on any atom is -0.480 e. The first kappa shape index (κ1) is 12.6. The van der Waals surface area contributed by atoms with E-state index in [0.29, 0.717) is 17.8 Å². The number of hydrogen-bond acceptors (Lipinski definition) is 4. The van der Waals surface area contributed by atoms with Crippen molar-refractivity contribution in [3.63, 3.8) is 0 Å². The van der Waals surface area contributed by atoms with Crippen molar-refractivity contribution in [1.82, 2.24) is 9.97 Å². The zero-order chi connectivity index (χ0) is 12.4. The molecule has 0 atom stereocenters. The second-order valence-corrected chi connectivity index (χ2v) is 5.66. The summed E-state index contributed by atoms with van der Waals surface area (Å²) in [7, 11) is 1.63. The number of methoxy groups -OCH3 is 1. The third kappa shape index (κ3) is 3.09. The molecule has 0 radical (unpaired) electrons. The Balaban J connectivity index is 2.22. The van der Waals surface area contributed by atoms with Gasteiger partial charge >= 0.3 is 0 Å². The van der Waals surface area contributed by atoms with E-state index in [1.54, 1.807) is 13.3 Å². The zero-order valence-electron chi connectivity index (χ0n) is 10.5. The molecule has 1 aliphatic carbocycles. The van der Waals surface area contributed by atoms with Gasteiger partial charge < -0.3 is 9.64 Å². The summed E-state index contributed by atoms with van der Waals surface area (Å²) < 4.78 is 6.01. The smallest absolute Gasteiger partial charge is 0.232 e. The van der Waals surface area contributed by atoms with Gasteiger partial charge in [0.25, 0.3) is 0 Å². The Morgan fingerprint density at radius 1 is 1.53 bits per heavy atom. The molecular weight excluding hydrogens is 282 g/mol. The van der Waals surface area contributed by atoms with Gasteiger partial charge in [0.1, 0.15) is 0 Å². The number of hydrogen-bond donors (Lipinski definition) is 0. The Morgan fingerprint density at radius 3 is 2.76 bits per heavy atom. The molecule has 1 heterocycles. The highest BCUT2D eigenvalue weighted by Crippen LogP contribution is 2.32. The summed E-state index contributed by atoms with van der Waals surface area (Å²) in [5.41, 5.74) is 0. The van der Waals surface area contributed by atoms with Crippen LogP contribution in [0.25, 0.3) is 0 Å². The van der Waals surface area contributed by atoms with Crippen molar-refractivity contribution in [3.8, 4) is 5.88 Å². The van der Waals surface area contributed by atoms with Gasteiger partial charge in [0.2, 0.25) is 11.8 Å². The Labute approximate surface area is 111 Å². The average molecular weight is 300 g/mol. The highest BCUT2D eigenvalue weighted by Gasteiger charge is 2.31. The van der Waals surface area contributed by atoms with E-state index in [2.05, 4.69) is 44.6 Å². The van der Waals surface area contributed by atoms with Gasteiger partial charge in [-0.05, 0) is 34.7 Å². The summed E-state index contributed by atoms with van der Waals surface area (Å²) in [4.78, 5) is 11.1. The minimum atomic E-state index is 0.601. The predicted octanol–water partition coefficient (Wildman–Crippen LogP) is 2.87. The maximum atomic E-state index is 5.22. The van der Waals surface area contributed by atoms with Crippen molar-refractivity contribution in [2.45, 2.75) is 32.7 Å². The van der Waals surface area contributed by atoms with Crippen LogP contribution in [-0.4, -0.2) is 29.7 Å². The lowest BCUT2D eigenvalue weighted by atomic mass is 10.2. The molecule has 0 spiro atoms. The molecule has 17 heavy (non-hydrogen) atoms. The SMILES string of the molecule is COc1nc(N(CC(C)C)C2CC2)ncc1Br. The molecule has 2 rings (SSSR count). The molecule has 4 nitrogen and oxygen atoms in total. The maximum Gasteiger partial charge on any atom is 0.232 e. The van der Waals surface area contributed by atoms with Gasteiger partial charge in [0.15, 0.2) is 0 Å². The standard InChI is InChI=1S/C12H18BrN3O/c1-8(2)7-16(9-4-5-9)12-14-6-10(13)11(15-12)17-3/h6,8-9H,4-5,7H2,1-3H3. The van der Waals surface area contributed by atoms with E-state index in [1.165, 1.54) is 12.8 Å². The van der Waals surface area contributed by atoms with Crippen LogP contribution in [0.5, 0.6) is 5.88 Å². The molecule has 0 saturated heterocycles. The molecule has 1 aromatic heterocycles. The minimum absolute atomic E-state index is 0.601. The van der Waals surface area contributed by atoms with E-state index in [0.717, 1.165) is 17.0 Å². The molecule has 0 unspecified atom stereocenters. The molecule has 0 aliphatic heterocycles. The Morgan fingerprint density at radius 2 is 2.24 bits per heavy atom. The molecule has 1 fully saturated rings. The van der Waals surface area contributed by atoms with E-state index in [1.807, 2.05) is 0 Å². The number of ether oxygens (including phenoxy) is 1. The first-order valence-corrected chi connectivity index (χ1v) is 6.74. The highest BCUT2D eigenvalue weighted by molar-refractivity contribution is 9.10. The fourth-order valence-electron chi connectivity index (χ4n) is 1.80. The van der Waals surface area contributed by atoms with E-state index < -0.39 is 0 Å². The number of halogens is 1. The normalized spacial score (nSPS) is 15.1. The van der Waals surface area contributed by atoms with Crippen LogP contribution in [-0.2, 0) is 0 Å². The van der Waals surface area contributed by atoms with Crippen molar-refractivity contribution in [1.29, 1.82) is 0 Å². The lowest BCUT2D eigenvalue weighted by Gasteiger charge is -2.24. The topological polar surface area (TPSA) is 38.2 Å². The van der Waals surface area contributed by atoms with Crippen molar-refractivity contribution >= 4 is 21.9 Å². The molecule has 1 aromatic rings. The van der Waals surface area contributed by atoms with Crippen LogP contribution < -0.4 is 9.64 Å². The van der Waals surface area contributed by atoms with Crippen molar-refractivity contribution in [2.75, 3.05) is 18.6 Å². The van der Waals surface area contributed by atoms with E-state index in [4.69, 9.17) is 4.74 Å². The number of nitrogens with zero attached hydrogens (tertiary/aromatic N) is 3. The summed E-state index contributed by atoms with van der Waals surface area (Å²) in [6.45, 7) is 5.42. The van der Waals surface area contributed by atoms with Gasteiger partial charge in [-0.1, -0.05) is 13.8 Å². The Bertz CT molecular complexity index is 393. The van der Waals surface area contributed by atoms with Gasteiger partial charge in [-0.25, -0.2) is 4.98 Å². The first-order chi connectivity index (χ1) is 8.11. The van der Waals surface area contributed by atoms with E-state index in [-0.39, 0.29) is 0 Å². The van der Waals surface area contributed by atoms with Crippen LogP contribution in [0, 0.1) is 5.92 Å². The third-order valence-corrected chi connectivity index (χ3v) is 3.24. The van der Waals surface area contributed by atoms with Gasteiger partial charge in [-0.3, -0.25) is 0 Å². The predicted molar refractivity (Wildman–Crippen MR) is 71.5 cm³/mol.